The summed E-state index contributed by atoms with van der Waals surface area (Å²) >= 11 is 0. The lowest BCUT2D eigenvalue weighted by Gasteiger charge is -2.17. The van der Waals surface area contributed by atoms with E-state index in [0.717, 1.165) is 31.5 Å². The lowest BCUT2D eigenvalue weighted by atomic mass is 9.86. The number of allylic oxidation sites excluding steroid dienone is 2. The van der Waals surface area contributed by atoms with E-state index in [1.807, 2.05) is 11.0 Å². The predicted molar refractivity (Wildman–Crippen MR) is 88.7 cm³/mol. The molecule has 2 atom stereocenters. The highest BCUT2D eigenvalue weighted by molar-refractivity contribution is 5.74. The summed E-state index contributed by atoms with van der Waals surface area (Å²) in [6.07, 6.45) is 7.38. The molecule has 5 heteroatoms. The molecule has 1 aromatic rings. The summed E-state index contributed by atoms with van der Waals surface area (Å²) in [5, 5.41) is 12.6. The number of aromatic hydroxyl groups is 1. The first kappa shape index (κ1) is 15.7. The third kappa shape index (κ3) is 3.60. The Bertz CT molecular complexity index is 584. The predicted octanol–water partition coefficient (Wildman–Crippen LogP) is 2.55. The highest BCUT2D eigenvalue weighted by Crippen LogP contribution is 2.32. The fourth-order valence-electron chi connectivity index (χ4n) is 3.48. The van der Waals surface area contributed by atoms with Gasteiger partial charge in [-0.25, -0.2) is 4.79 Å². The number of hydrogen-bond donors (Lipinski definition) is 2. The minimum Gasteiger partial charge on any atom is -0.504 e. The number of carbonyl (C=O) groups excluding carboxylic acids is 1. The summed E-state index contributed by atoms with van der Waals surface area (Å²) in [6.45, 7) is 2.32. The molecule has 2 N–H and O–H groups in total. The van der Waals surface area contributed by atoms with Crippen LogP contribution in [0.5, 0.6) is 11.5 Å². The quantitative estimate of drug-likeness (QED) is 0.839. The van der Waals surface area contributed by atoms with Gasteiger partial charge in [-0.05, 0) is 48.8 Å². The number of nitrogens with one attached hydrogen (secondary N) is 1. The van der Waals surface area contributed by atoms with Gasteiger partial charge in [-0.15, -0.1) is 0 Å². The number of likely N-dealkylation sites (tertiary alicyclic amines) is 1. The van der Waals surface area contributed by atoms with Crippen LogP contribution in [0.3, 0.4) is 0 Å². The number of ether oxygens (including phenoxy) is 1. The van der Waals surface area contributed by atoms with Crippen molar-refractivity contribution in [1.29, 1.82) is 0 Å². The number of benzene rings is 1. The second-order valence-electron chi connectivity index (χ2n) is 6.36. The van der Waals surface area contributed by atoms with E-state index in [4.69, 9.17) is 4.74 Å². The van der Waals surface area contributed by atoms with E-state index in [-0.39, 0.29) is 11.8 Å². The van der Waals surface area contributed by atoms with Crippen LogP contribution in [0.1, 0.15) is 18.4 Å². The Hall–Kier alpha value is -2.17. The van der Waals surface area contributed by atoms with E-state index in [0.29, 0.717) is 30.6 Å². The number of urea groups is 1. The molecule has 5 nitrogen and oxygen atoms in total. The van der Waals surface area contributed by atoms with Gasteiger partial charge in [0.15, 0.2) is 11.5 Å². The molecular formula is C18H24N2O3. The van der Waals surface area contributed by atoms with Crippen LogP contribution >= 0.6 is 0 Å². The number of phenolic OH excluding ortho intramolecular Hbond substituents is 1. The monoisotopic (exact) mass is 316 g/mol. The molecule has 3 rings (SSSR count). The van der Waals surface area contributed by atoms with Gasteiger partial charge in [-0.2, -0.15) is 0 Å². The van der Waals surface area contributed by atoms with Crippen LogP contribution in [0.4, 0.5) is 4.79 Å². The molecule has 0 saturated carbocycles. The average Bonchev–Trinajstić information content (AvgIpc) is 3.00. The van der Waals surface area contributed by atoms with E-state index in [9.17, 15) is 9.90 Å². The number of rotatable bonds is 4. The maximum Gasteiger partial charge on any atom is 0.317 e. The van der Waals surface area contributed by atoms with Crippen molar-refractivity contribution in [2.24, 2.45) is 11.8 Å². The van der Waals surface area contributed by atoms with Crippen molar-refractivity contribution in [2.45, 2.75) is 19.3 Å². The molecule has 1 aromatic carbocycles. The molecule has 0 aromatic heterocycles. The van der Waals surface area contributed by atoms with Gasteiger partial charge >= 0.3 is 6.03 Å². The first-order chi connectivity index (χ1) is 11.2. The Morgan fingerprint density at radius 3 is 2.65 bits per heavy atom. The number of phenols is 1. The van der Waals surface area contributed by atoms with Crippen LogP contribution in [-0.2, 0) is 6.42 Å². The zero-order chi connectivity index (χ0) is 16.2. The molecule has 23 heavy (non-hydrogen) atoms. The molecule has 0 unspecified atom stereocenters. The van der Waals surface area contributed by atoms with Crippen LogP contribution in [0.2, 0.25) is 0 Å². The molecule has 2 amide bonds. The van der Waals surface area contributed by atoms with Crippen molar-refractivity contribution in [3.05, 3.63) is 35.9 Å². The lowest BCUT2D eigenvalue weighted by Crippen LogP contribution is -2.39. The zero-order valence-corrected chi connectivity index (χ0v) is 13.5. The minimum atomic E-state index is 0.0325. The highest BCUT2D eigenvalue weighted by atomic mass is 16.5. The molecule has 0 spiro atoms. The molecule has 1 saturated heterocycles. The Kier molecular flexibility index (Phi) is 4.74. The summed E-state index contributed by atoms with van der Waals surface area (Å²) in [4.78, 5) is 14.2. The third-order valence-electron chi connectivity index (χ3n) is 4.84. The Labute approximate surface area is 136 Å². The van der Waals surface area contributed by atoms with Crippen LogP contribution in [0.15, 0.2) is 30.4 Å². The average molecular weight is 316 g/mol. The van der Waals surface area contributed by atoms with Crippen molar-refractivity contribution in [3.8, 4) is 11.5 Å². The zero-order valence-electron chi connectivity index (χ0n) is 13.5. The second-order valence-corrected chi connectivity index (χ2v) is 6.36. The lowest BCUT2D eigenvalue weighted by molar-refractivity contribution is 0.206. The number of fused-ring (bicyclic) bond motifs is 1. The van der Waals surface area contributed by atoms with Crippen molar-refractivity contribution in [2.75, 3.05) is 26.7 Å². The topological polar surface area (TPSA) is 61.8 Å². The summed E-state index contributed by atoms with van der Waals surface area (Å²) in [7, 11) is 1.53. The summed E-state index contributed by atoms with van der Waals surface area (Å²) in [5.41, 5.74) is 1.03. The molecule has 0 radical (unpaired) electrons. The van der Waals surface area contributed by atoms with Gasteiger partial charge in [0, 0.05) is 19.6 Å². The van der Waals surface area contributed by atoms with Crippen LogP contribution in [-0.4, -0.2) is 42.8 Å². The van der Waals surface area contributed by atoms with E-state index in [1.165, 1.54) is 7.11 Å². The van der Waals surface area contributed by atoms with Gasteiger partial charge in [-0.3, -0.25) is 0 Å². The molecule has 124 valence electrons. The maximum absolute atomic E-state index is 12.3. The maximum atomic E-state index is 12.3. The number of methoxy groups -OCH3 is 1. The van der Waals surface area contributed by atoms with Gasteiger partial charge in [0.05, 0.1) is 7.11 Å². The smallest absolute Gasteiger partial charge is 0.317 e. The normalized spacial score (nSPS) is 22.7. The minimum absolute atomic E-state index is 0.0325. The number of carbonyl (C=O) groups is 1. The fraction of sp³-hybridized carbons (Fsp3) is 0.500. The molecule has 1 aliphatic heterocycles. The van der Waals surface area contributed by atoms with Gasteiger partial charge in [0.25, 0.3) is 0 Å². The van der Waals surface area contributed by atoms with E-state index in [2.05, 4.69) is 17.5 Å². The molecule has 1 heterocycles. The van der Waals surface area contributed by atoms with E-state index in [1.54, 1.807) is 12.1 Å². The Balaban J connectivity index is 1.46. The molecule has 2 aliphatic rings. The third-order valence-corrected chi connectivity index (χ3v) is 4.84. The van der Waals surface area contributed by atoms with Gasteiger partial charge in [-0.1, -0.05) is 18.2 Å². The fourth-order valence-corrected chi connectivity index (χ4v) is 3.48. The second kappa shape index (κ2) is 6.94. The molecule has 1 fully saturated rings. The Morgan fingerprint density at radius 1 is 1.30 bits per heavy atom. The van der Waals surface area contributed by atoms with Gasteiger partial charge in [0.1, 0.15) is 0 Å². The van der Waals surface area contributed by atoms with Gasteiger partial charge in [0.2, 0.25) is 0 Å². The van der Waals surface area contributed by atoms with Crippen LogP contribution in [0, 0.1) is 11.8 Å². The number of nitrogens with zero attached hydrogens (tertiary/aromatic N) is 1. The molecular weight excluding hydrogens is 292 g/mol. The summed E-state index contributed by atoms with van der Waals surface area (Å²) in [5.74, 6) is 1.86. The van der Waals surface area contributed by atoms with Crippen molar-refractivity contribution in [1.82, 2.24) is 10.2 Å². The largest absolute Gasteiger partial charge is 0.504 e. The first-order valence-corrected chi connectivity index (χ1v) is 8.21. The van der Waals surface area contributed by atoms with Crippen LogP contribution in [0.25, 0.3) is 0 Å². The van der Waals surface area contributed by atoms with Crippen molar-refractivity contribution < 1.29 is 14.6 Å². The molecule has 1 aliphatic carbocycles. The number of amides is 2. The SMILES string of the molecule is COc1cc(CCNC(=O)N2C[C@H]3CC=CC[C@@H]3C2)ccc1O. The van der Waals surface area contributed by atoms with Crippen molar-refractivity contribution >= 4 is 6.03 Å². The van der Waals surface area contributed by atoms with E-state index < -0.39 is 0 Å². The summed E-state index contributed by atoms with van der Waals surface area (Å²) < 4.78 is 5.10. The standard InChI is InChI=1S/C18H24N2O3/c1-23-17-10-13(6-7-16(17)21)8-9-19-18(22)20-11-14-4-2-3-5-15(14)12-20/h2-3,6-7,10,14-15,21H,4-5,8-9,11-12H2,1H3,(H,19,22)/t14-,15-/m1/s1. The van der Waals surface area contributed by atoms with Crippen molar-refractivity contribution in [3.63, 3.8) is 0 Å². The summed E-state index contributed by atoms with van der Waals surface area (Å²) in [6, 6.07) is 5.30. The molecule has 0 bridgehead atoms. The number of hydrogen-bond acceptors (Lipinski definition) is 3. The first-order valence-electron chi connectivity index (χ1n) is 8.21. The van der Waals surface area contributed by atoms with Crippen LogP contribution < -0.4 is 10.1 Å². The highest BCUT2D eigenvalue weighted by Gasteiger charge is 2.34. The van der Waals surface area contributed by atoms with E-state index >= 15 is 0 Å². The Morgan fingerprint density at radius 2 is 2.00 bits per heavy atom. The van der Waals surface area contributed by atoms with Gasteiger partial charge < -0.3 is 20.1 Å².